The Morgan fingerprint density at radius 1 is 1.30 bits per heavy atom. The zero-order valence-electron chi connectivity index (χ0n) is 17.1. The molecule has 2 aromatic carbocycles. The highest BCUT2D eigenvalue weighted by Crippen LogP contribution is 2.39. The second kappa shape index (κ2) is 8.51. The summed E-state index contributed by atoms with van der Waals surface area (Å²) in [7, 11) is 0. The molecule has 5 nitrogen and oxygen atoms in total. The van der Waals surface area contributed by atoms with E-state index in [-0.39, 0.29) is 22.4 Å². The zero-order chi connectivity index (χ0) is 22.2. The third-order valence-corrected chi connectivity index (χ3v) is 6.12. The third-order valence-electron chi connectivity index (χ3n) is 5.05. The molecule has 0 saturated heterocycles. The predicted octanol–water partition coefficient (Wildman–Crippen LogP) is 5.84. The van der Waals surface area contributed by atoms with E-state index in [2.05, 4.69) is 67.2 Å². The van der Waals surface area contributed by atoms with Crippen LogP contribution in [0.15, 0.2) is 44.4 Å². The molecule has 0 saturated carbocycles. The lowest BCUT2D eigenvalue weighted by Crippen LogP contribution is -2.45. The Balaban J connectivity index is 1.87. The van der Waals surface area contributed by atoms with E-state index in [1.807, 2.05) is 13.8 Å². The van der Waals surface area contributed by atoms with Crippen molar-refractivity contribution in [2.24, 2.45) is 5.10 Å². The lowest BCUT2D eigenvalue weighted by atomic mass is 9.88. The van der Waals surface area contributed by atoms with Gasteiger partial charge in [-0.15, -0.1) is 0 Å². The van der Waals surface area contributed by atoms with Gasteiger partial charge in [0.15, 0.2) is 0 Å². The van der Waals surface area contributed by atoms with Gasteiger partial charge in [0, 0.05) is 27.8 Å². The molecule has 1 heterocycles. The lowest BCUT2D eigenvalue weighted by molar-refractivity contribution is 0.0952. The minimum Gasteiger partial charge on any atom is -0.506 e. The van der Waals surface area contributed by atoms with Crippen molar-refractivity contribution in [3.05, 3.63) is 61.8 Å². The number of benzene rings is 2. The van der Waals surface area contributed by atoms with E-state index >= 15 is 0 Å². The number of carbonyl (C=O) groups is 1. The molecule has 0 atom stereocenters. The van der Waals surface area contributed by atoms with Gasteiger partial charge in [-0.25, -0.2) is 9.82 Å². The van der Waals surface area contributed by atoms with Crippen LogP contribution in [0.3, 0.4) is 0 Å². The van der Waals surface area contributed by atoms with E-state index < -0.39 is 11.7 Å². The van der Waals surface area contributed by atoms with Gasteiger partial charge in [-0.1, -0.05) is 22.0 Å². The monoisotopic (exact) mass is 537 g/mol. The van der Waals surface area contributed by atoms with E-state index in [0.29, 0.717) is 8.95 Å². The SMILES string of the molecule is CCN1c2cc(F)c(/C=N\NC(=O)c3cc(Br)cc(Br)c3O)cc2C(C)=CC1(C)C. The summed E-state index contributed by atoms with van der Waals surface area (Å²) < 4.78 is 15.8. The van der Waals surface area contributed by atoms with Gasteiger partial charge in [0.2, 0.25) is 0 Å². The summed E-state index contributed by atoms with van der Waals surface area (Å²) >= 11 is 6.45. The number of likely N-dealkylation sites (N-methyl/N-ethyl adjacent to an activating group) is 1. The fourth-order valence-corrected chi connectivity index (χ4v) is 4.98. The van der Waals surface area contributed by atoms with Crippen LogP contribution in [0.4, 0.5) is 10.1 Å². The van der Waals surface area contributed by atoms with Crippen molar-refractivity contribution >= 4 is 55.2 Å². The van der Waals surface area contributed by atoms with Crippen LogP contribution in [0.2, 0.25) is 0 Å². The van der Waals surface area contributed by atoms with Gasteiger partial charge >= 0.3 is 0 Å². The molecular formula is C22H22Br2FN3O2. The first-order chi connectivity index (χ1) is 14.0. The predicted molar refractivity (Wildman–Crippen MR) is 126 cm³/mol. The molecule has 1 aliphatic rings. The van der Waals surface area contributed by atoms with E-state index in [0.717, 1.165) is 23.4 Å². The number of fused-ring (bicyclic) bond motifs is 1. The average molecular weight is 539 g/mol. The normalized spacial score (nSPS) is 15.2. The van der Waals surface area contributed by atoms with E-state index in [4.69, 9.17) is 0 Å². The molecule has 0 spiro atoms. The van der Waals surface area contributed by atoms with Crippen LogP contribution in [0.25, 0.3) is 5.57 Å². The van der Waals surface area contributed by atoms with Crippen molar-refractivity contribution in [3.63, 3.8) is 0 Å². The molecule has 2 N–H and O–H groups in total. The van der Waals surface area contributed by atoms with E-state index in [9.17, 15) is 14.3 Å². The van der Waals surface area contributed by atoms with E-state index in [1.54, 1.807) is 12.1 Å². The van der Waals surface area contributed by atoms with Crippen molar-refractivity contribution in [1.82, 2.24) is 5.43 Å². The minimum atomic E-state index is -0.612. The number of hydrogen-bond acceptors (Lipinski definition) is 4. The first-order valence-corrected chi connectivity index (χ1v) is 11.0. The Morgan fingerprint density at radius 3 is 2.67 bits per heavy atom. The molecule has 0 aliphatic carbocycles. The van der Waals surface area contributed by atoms with Crippen LogP contribution in [-0.2, 0) is 0 Å². The third kappa shape index (κ3) is 4.30. The summed E-state index contributed by atoms with van der Waals surface area (Å²) in [5, 5.41) is 13.9. The van der Waals surface area contributed by atoms with Crippen LogP contribution < -0.4 is 10.3 Å². The van der Waals surface area contributed by atoms with Crippen molar-refractivity contribution in [2.45, 2.75) is 33.2 Å². The number of hydrogen-bond donors (Lipinski definition) is 2. The fraction of sp³-hybridized carbons (Fsp3) is 0.273. The molecule has 0 bridgehead atoms. The molecular weight excluding hydrogens is 517 g/mol. The minimum absolute atomic E-state index is 0.0407. The molecule has 2 aromatic rings. The van der Waals surface area contributed by atoms with Crippen LogP contribution in [0.5, 0.6) is 5.75 Å². The average Bonchev–Trinajstić information content (AvgIpc) is 2.65. The standard InChI is InChI=1S/C22H22Br2FN3O2/c1-5-28-19-9-18(25)13(6-15(19)12(2)10-22(28,3)4)11-26-27-21(30)16-7-14(23)8-17(24)20(16)29/h6-11,29H,5H2,1-4H3,(H,27,30)/b26-11-. The molecule has 30 heavy (non-hydrogen) atoms. The summed E-state index contributed by atoms with van der Waals surface area (Å²) in [6, 6.07) is 6.34. The zero-order valence-corrected chi connectivity index (χ0v) is 20.2. The highest BCUT2D eigenvalue weighted by Gasteiger charge is 2.31. The number of carbonyl (C=O) groups excluding carboxylic acids is 1. The number of phenolic OH excluding ortho intramolecular Hbond substituents is 1. The Kier molecular flexibility index (Phi) is 6.38. The second-order valence-corrected chi connectivity index (χ2v) is 9.37. The first kappa shape index (κ1) is 22.5. The maximum Gasteiger partial charge on any atom is 0.275 e. The van der Waals surface area contributed by atoms with Gasteiger partial charge in [0.1, 0.15) is 11.6 Å². The Hall–Kier alpha value is -2.19. The van der Waals surface area contributed by atoms with Gasteiger partial charge in [0.25, 0.3) is 5.91 Å². The Labute approximate surface area is 191 Å². The summed E-state index contributed by atoms with van der Waals surface area (Å²) in [6.45, 7) is 8.99. The van der Waals surface area contributed by atoms with Gasteiger partial charge < -0.3 is 10.0 Å². The number of rotatable bonds is 4. The number of halogens is 3. The van der Waals surface area contributed by atoms with Crippen molar-refractivity contribution in [3.8, 4) is 5.75 Å². The molecule has 0 unspecified atom stereocenters. The summed E-state index contributed by atoms with van der Waals surface area (Å²) in [6.07, 6.45) is 3.42. The highest BCUT2D eigenvalue weighted by atomic mass is 79.9. The summed E-state index contributed by atoms with van der Waals surface area (Å²) in [5.41, 5.74) is 5.25. The van der Waals surface area contributed by atoms with Gasteiger partial charge in [-0.05, 0) is 73.5 Å². The van der Waals surface area contributed by atoms with Crippen molar-refractivity contribution < 1.29 is 14.3 Å². The molecule has 0 aromatic heterocycles. The molecule has 158 valence electrons. The van der Waals surface area contributed by atoms with Crippen LogP contribution in [-0.4, -0.2) is 29.3 Å². The number of phenols is 1. The van der Waals surface area contributed by atoms with Crippen molar-refractivity contribution in [2.75, 3.05) is 11.4 Å². The molecule has 0 radical (unpaired) electrons. The number of aromatic hydroxyl groups is 1. The van der Waals surface area contributed by atoms with Gasteiger partial charge in [-0.2, -0.15) is 5.10 Å². The fourth-order valence-electron chi connectivity index (χ4n) is 3.75. The molecule has 8 heteroatoms. The molecule has 3 rings (SSSR count). The lowest BCUT2D eigenvalue weighted by Gasteiger charge is -2.42. The smallest absolute Gasteiger partial charge is 0.275 e. The highest BCUT2D eigenvalue weighted by molar-refractivity contribution is 9.11. The second-order valence-electron chi connectivity index (χ2n) is 7.60. The first-order valence-electron chi connectivity index (χ1n) is 9.37. The van der Waals surface area contributed by atoms with Crippen LogP contribution >= 0.6 is 31.9 Å². The Morgan fingerprint density at radius 2 is 2.00 bits per heavy atom. The maximum atomic E-state index is 14.8. The number of anilines is 1. The molecule has 1 aliphatic heterocycles. The number of nitrogens with zero attached hydrogens (tertiary/aromatic N) is 2. The quantitative estimate of drug-likeness (QED) is 0.379. The maximum absolute atomic E-state index is 14.8. The molecule has 1 amide bonds. The number of hydrazone groups is 1. The molecule has 0 fully saturated rings. The van der Waals surface area contributed by atoms with Crippen LogP contribution in [0.1, 0.15) is 49.2 Å². The van der Waals surface area contributed by atoms with E-state index in [1.165, 1.54) is 18.3 Å². The van der Waals surface area contributed by atoms with Crippen molar-refractivity contribution in [1.29, 1.82) is 0 Å². The summed E-state index contributed by atoms with van der Waals surface area (Å²) in [5.74, 6) is -1.24. The topological polar surface area (TPSA) is 64.9 Å². The Bertz CT molecular complexity index is 1080. The van der Waals surface area contributed by atoms with Gasteiger partial charge in [-0.3, -0.25) is 4.79 Å². The number of amides is 1. The summed E-state index contributed by atoms with van der Waals surface area (Å²) in [4.78, 5) is 14.5. The number of allylic oxidation sites excluding steroid dienone is 1. The largest absolute Gasteiger partial charge is 0.506 e. The van der Waals surface area contributed by atoms with Gasteiger partial charge in [0.05, 0.1) is 21.8 Å². The number of nitrogens with one attached hydrogen (secondary N) is 1. The van der Waals surface area contributed by atoms with Crippen LogP contribution in [0, 0.1) is 5.82 Å².